The van der Waals surface area contributed by atoms with Gasteiger partial charge in [-0.3, -0.25) is 4.79 Å². The summed E-state index contributed by atoms with van der Waals surface area (Å²) in [5.74, 6) is 5.74. The maximum absolute atomic E-state index is 11.7. The molecule has 4 saturated carbocycles. The molecule has 0 bridgehead atoms. The predicted octanol–water partition coefficient (Wildman–Crippen LogP) is 6.20. The minimum absolute atomic E-state index is 0.216. The van der Waals surface area contributed by atoms with Crippen molar-refractivity contribution >= 4 is 5.91 Å². The van der Waals surface area contributed by atoms with E-state index in [4.69, 9.17) is 0 Å². The van der Waals surface area contributed by atoms with Crippen LogP contribution in [-0.4, -0.2) is 13.0 Å². The fourth-order valence-electron chi connectivity index (χ4n) is 8.96. The summed E-state index contributed by atoms with van der Waals surface area (Å²) in [7, 11) is 1.77. The van der Waals surface area contributed by atoms with Crippen LogP contribution >= 0.6 is 0 Å². The van der Waals surface area contributed by atoms with E-state index < -0.39 is 0 Å². The third kappa shape index (κ3) is 3.18. The van der Waals surface area contributed by atoms with Crippen molar-refractivity contribution in [1.82, 2.24) is 5.32 Å². The molecule has 4 aliphatic carbocycles. The molecule has 4 rings (SSSR count). The van der Waals surface area contributed by atoms with E-state index in [2.05, 4.69) is 26.1 Å². The molecule has 1 N–H and O–H groups in total. The topological polar surface area (TPSA) is 29.1 Å². The molecule has 1 amide bonds. The Hall–Kier alpha value is -0.530. The fourth-order valence-corrected chi connectivity index (χ4v) is 8.96. The molecule has 2 heteroatoms. The van der Waals surface area contributed by atoms with Crippen LogP contribution in [0.3, 0.4) is 0 Å². The monoisotopic (exact) mass is 373 g/mol. The summed E-state index contributed by atoms with van der Waals surface area (Å²) in [5.41, 5.74) is 1.20. The molecule has 154 valence electrons. The van der Waals surface area contributed by atoms with Gasteiger partial charge in [0.1, 0.15) is 0 Å². The van der Waals surface area contributed by atoms with Crippen molar-refractivity contribution in [1.29, 1.82) is 0 Å². The summed E-state index contributed by atoms with van der Waals surface area (Å²) in [6.07, 6.45) is 16.6. The zero-order valence-corrected chi connectivity index (χ0v) is 18.4. The van der Waals surface area contributed by atoms with Gasteiger partial charge in [0, 0.05) is 13.5 Å². The Morgan fingerprint density at radius 1 is 0.963 bits per heavy atom. The van der Waals surface area contributed by atoms with Gasteiger partial charge in [-0.15, -0.1) is 0 Å². The zero-order valence-electron chi connectivity index (χ0n) is 18.4. The van der Waals surface area contributed by atoms with Crippen molar-refractivity contribution in [2.24, 2.45) is 46.3 Å². The van der Waals surface area contributed by atoms with Gasteiger partial charge < -0.3 is 5.32 Å². The Bertz CT molecular complexity index is 559. The Morgan fingerprint density at radius 3 is 2.52 bits per heavy atom. The molecular formula is C25H43NO. The van der Waals surface area contributed by atoms with Crippen LogP contribution in [0.15, 0.2) is 0 Å². The Kier molecular flexibility index (Phi) is 5.40. The van der Waals surface area contributed by atoms with E-state index in [9.17, 15) is 4.79 Å². The number of amides is 1. The van der Waals surface area contributed by atoms with Crippen LogP contribution in [0.2, 0.25) is 0 Å². The minimum Gasteiger partial charge on any atom is -0.359 e. The number of rotatable bonds is 4. The summed E-state index contributed by atoms with van der Waals surface area (Å²) < 4.78 is 0. The molecule has 4 fully saturated rings. The van der Waals surface area contributed by atoms with Gasteiger partial charge in [0.2, 0.25) is 5.91 Å². The first-order valence-electron chi connectivity index (χ1n) is 12.1. The van der Waals surface area contributed by atoms with Gasteiger partial charge in [0.25, 0.3) is 0 Å². The smallest absolute Gasteiger partial charge is 0.219 e. The SMILES string of the molecule is CNC(=O)CCC(C)C1CCC2C3CCC4CCCCC4(C)C3CCC12C. The lowest BCUT2D eigenvalue weighted by atomic mass is 9.44. The van der Waals surface area contributed by atoms with Gasteiger partial charge in [0.15, 0.2) is 0 Å². The zero-order chi connectivity index (χ0) is 19.2. The first-order chi connectivity index (χ1) is 12.9. The highest BCUT2D eigenvalue weighted by Gasteiger charge is 2.60. The van der Waals surface area contributed by atoms with E-state index in [1.54, 1.807) is 7.05 Å². The highest BCUT2D eigenvalue weighted by atomic mass is 16.1. The molecule has 2 nitrogen and oxygen atoms in total. The summed E-state index contributed by atoms with van der Waals surface area (Å²) in [6.45, 7) is 7.78. The summed E-state index contributed by atoms with van der Waals surface area (Å²) in [6, 6.07) is 0. The largest absolute Gasteiger partial charge is 0.359 e. The van der Waals surface area contributed by atoms with Crippen LogP contribution in [0.4, 0.5) is 0 Å². The molecule has 4 aliphatic rings. The van der Waals surface area contributed by atoms with E-state index in [1.165, 1.54) is 64.2 Å². The second-order valence-electron chi connectivity index (χ2n) is 11.3. The molecule has 0 aromatic rings. The van der Waals surface area contributed by atoms with Crippen LogP contribution in [0.5, 0.6) is 0 Å². The van der Waals surface area contributed by atoms with Crippen molar-refractivity contribution in [2.75, 3.05) is 7.05 Å². The lowest BCUT2D eigenvalue weighted by molar-refractivity contribution is -0.122. The third-order valence-corrected chi connectivity index (χ3v) is 10.4. The molecule has 0 aromatic carbocycles. The van der Waals surface area contributed by atoms with Gasteiger partial charge in [0.05, 0.1) is 0 Å². The normalized spacial score (nSPS) is 47.5. The molecule has 0 aliphatic heterocycles. The maximum atomic E-state index is 11.7. The fraction of sp³-hybridized carbons (Fsp3) is 0.960. The Labute approximate surface area is 167 Å². The van der Waals surface area contributed by atoms with Crippen molar-refractivity contribution in [3.8, 4) is 0 Å². The molecular weight excluding hydrogens is 330 g/mol. The van der Waals surface area contributed by atoms with Crippen molar-refractivity contribution < 1.29 is 4.79 Å². The maximum Gasteiger partial charge on any atom is 0.219 e. The van der Waals surface area contributed by atoms with Gasteiger partial charge in [-0.1, -0.05) is 33.6 Å². The van der Waals surface area contributed by atoms with Crippen molar-refractivity contribution in [3.63, 3.8) is 0 Å². The minimum atomic E-state index is 0.216. The van der Waals surface area contributed by atoms with E-state index in [1.807, 2.05) is 0 Å². The number of carbonyl (C=O) groups is 1. The number of fused-ring (bicyclic) bond motifs is 5. The van der Waals surface area contributed by atoms with E-state index in [0.717, 1.165) is 36.0 Å². The quantitative estimate of drug-likeness (QED) is 0.624. The second-order valence-corrected chi connectivity index (χ2v) is 11.3. The Balaban J connectivity index is 1.49. The highest BCUT2D eigenvalue weighted by molar-refractivity contribution is 5.75. The van der Waals surface area contributed by atoms with Crippen LogP contribution in [-0.2, 0) is 4.79 Å². The van der Waals surface area contributed by atoms with Gasteiger partial charge in [-0.2, -0.15) is 0 Å². The van der Waals surface area contributed by atoms with Gasteiger partial charge in [-0.25, -0.2) is 0 Å². The van der Waals surface area contributed by atoms with Crippen LogP contribution in [0.1, 0.15) is 97.8 Å². The molecule has 8 unspecified atom stereocenters. The van der Waals surface area contributed by atoms with Crippen LogP contribution in [0.25, 0.3) is 0 Å². The van der Waals surface area contributed by atoms with Gasteiger partial charge >= 0.3 is 0 Å². The van der Waals surface area contributed by atoms with Gasteiger partial charge in [-0.05, 0) is 104 Å². The third-order valence-electron chi connectivity index (χ3n) is 10.4. The van der Waals surface area contributed by atoms with E-state index in [0.29, 0.717) is 23.2 Å². The number of hydrogen-bond donors (Lipinski definition) is 1. The molecule has 0 saturated heterocycles. The van der Waals surface area contributed by atoms with Crippen LogP contribution < -0.4 is 5.32 Å². The first kappa shape index (κ1) is 19.8. The van der Waals surface area contributed by atoms with E-state index in [-0.39, 0.29) is 5.91 Å². The Morgan fingerprint density at radius 2 is 1.74 bits per heavy atom. The van der Waals surface area contributed by atoms with Crippen molar-refractivity contribution in [2.45, 2.75) is 97.8 Å². The molecule has 0 heterocycles. The lowest BCUT2D eigenvalue weighted by Crippen LogP contribution is -2.53. The predicted molar refractivity (Wildman–Crippen MR) is 112 cm³/mol. The first-order valence-corrected chi connectivity index (χ1v) is 12.1. The number of hydrogen-bond acceptors (Lipinski definition) is 1. The number of nitrogens with one attached hydrogen (secondary N) is 1. The molecule has 0 radical (unpaired) electrons. The number of carbonyl (C=O) groups excluding carboxylic acids is 1. The molecule has 27 heavy (non-hydrogen) atoms. The highest BCUT2D eigenvalue weighted by Crippen LogP contribution is 2.68. The molecule has 0 aromatic heterocycles. The van der Waals surface area contributed by atoms with Crippen molar-refractivity contribution in [3.05, 3.63) is 0 Å². The average molecular weight is 374 g/mol. The summed E-state index contributed by atoms with van der Waals surface area (Å²) in [5, 5.41) is 2.81. The second kappa shape index (κ2) is 7.38. The standard InChI is InChI=1S/C25H43NO/c1-17(8-13-23(27)26-4)20-11-12-21-19-10-9-18-7-5-6-15-24(18,2)22(19)14-16-25(20,21)3/h17-22H,5-16H2,1-4H3,(H,26,27). The molecule has 8 atom stereocenters. The summed E-state index contributed by atoms with van der Waals surface area (Å²) in [4.78, 5) is 11.7. The van der Waals surface area contributed by atoms with E-state index >= 15 is 0 Å². The lowest BCUT2D eigenvalue weighted by Gasteiger charge is -2.61. The van der Waals surface area contributed by atoms with Crippen LogP contribution in [0, 0.1) is 46.3 Å². The summed E-state index contributed by atoms with van der Waals surface area (Å²) >= 11 is 0. The molecule has 0 spiro atoms. The average Bonchev–Trinajstić information content (AvgIpc) is 3.02.